The van der Waals surface area contributed by atoms with Crippen LogP contribution in [0.1, 0.15) is 0 Å². The summed E-state index contributed by atoms with van der Waals surface area (Å²) in [4.78, 5) is 13.3. The van der Waals surface area contributed by atoms with Crippen LogP contribution in [0.15, 0.2) is 21.3 Å². The first-order valence-electron chi connectivity index (χ1n) is 8.89. The first kappa shape index (κ1) is 21.8. The molecule has 0 amide bonds. The molecule has 0 aliphatic heterocycles. The number of rotatable bonds is 7. The minimum Gasteiger partial charge on any atom is -0.507 e. The quantitative estimate of drug-likeness (QED) is 0.573. The predicted octanol–water partition coefficient (Wildman–Crippen LogP) is 2.92. The third kappa shape index (κ3) is 3.25. The average Bonchev–Trinajstić information content (AvgIpc) is 2.77. The van der Waals surface area contributed by atoms with Crippen LogP contribution in [0.3, 0.4) is 0 Å². The molecule has 0 bridgehead atoms. The third-order valence-corrected chi connectivity index (χ3v) is 4.70. The Morgan fingerprint density at radius 3 is 1.77 bits per heavy atom. The van der Waals surface area contributed by atoms with E-state index < -0.39 is 11.2 Å². The van der Waals surface area contributed by atoms with Gasteiger partial charge in [-0.3, -0.25) is 4.79 Å². The van der Waals surface area contributed by atoms with Crippen LogP contribution in [0.5, 0.6) is 46.0 Å². The number of hydrogen-bond donors (Lipinski definition) is 2. The van der Waals surface area contributed by atoms with Crippen LogP contribution in [0.2, 0.25) is 0 Å². The van der Waals surface area contributed by atoms with Crippen molar-refractivity contribution in [1.29, 1.82) is 0 Å². The van der Waals surface area contributed by atoms with Crippen molar-refractivity contribution in [3.8, 4) is 57.3 Å². The molecule has 0 radical (unpaired) electrons. The van der Waals surface area contributed by atoms with Gasteiger partial charge in [-0.1, -0.05) is 0 Å². The van der Waals surface area contributed by atoms with Crippen molar-refractivity contribution in [3.63, 3.8) is 0 Å². The van der Waals surface area contributed by atoms with Crippen LogP contribution < -0.4 is 33.8 Å². The summed E-state index contributed by atoms with van der Waals surface area (Å²) in [7, 11) is 8.08. The Hall–Kier alpha value is -3.95. The summed E-state index contributed by atoms with van der Waals surface area (Å²) in [6, 6.07) is 2.73. The van der Waals surface area contributed by atoms with Crippen molar-refractivity contribution in [3.05, 3.63) is 22.4 Å². The monoisotopic (exact) mass is 434 g/mol. The highest BCUT2D eigenvalue weighted by molar-refractivity contribution is 5.96. The lowest BCUT2D eigenvalue weighted by Crippen LogP contribution is -2.10. The van der Waals surface area contributed by atoms with Gasteiger partial charge in [0.25, 0.3) is 0 Å². The molecule has 2 N–H and O–H groups in total. The molecule has 0 aliphatic carbocycles. The Bertz CT molecular complexity index is 1200. The molecule has 10 heteroatoms. The molecule has 1 aromatic heterocycles. The first-order valence-corrected chi connectivity index (χ1v) is 8.89. The number of benzene rings is 2. The van der Waals surface area contributed by atoms with Crippen LogP contribution in [0, 0.1) is 0 Å². The maximum atomic E-state index is 13.3. The molecule has 10 nitrogen and oxygen atoms in total. The second kappa shape index (κ2) is 8.42. The standard InChI is InChI=1S/C21H22O10/c1-25-11-7-9(10(22)8-12(11)26-2)16-18(27-3)14(23)13-15(24)19(28-4)21(30-6)20(29-5)17(13)31-16/h7-8,22,24H,1-6H3. The molecule has 0 atom stereocenters. The fourth-order valence-corrected chi connectivity index (χ4v) is 3.29. The maximum absolute atomic E-state index is 13.3. The Kier molecular flexibility index (Phi) is 5.91. The van der Waals surface area contributed by atoms with E-state index in [-0.39, 0.29) is 62.5 Å². The minimum absolute atomic E-state index is 0.00752. The van der Waals surface area contributed by atoms with E-state index in [4.69, 9.17) is 32.8 Å². The Morgan fingerprint density at radius 2 is 1.26 bits per heavy atom. The molecule has 0 fully saturated rings. The van der Waals surface area contributed by atoms with Crippen molar-refractivity contribution < 1.29 is 43.1 Å². The number of phenols is 2. The lowest BCUT2D eigenvalue weighted by atomic mass is 10.1. The Balaban J connectivity index is 2.52. The lowest BCUT2D eigenvalue weighted by Gasteiger charge is -2.18. The highest BCUT2D eigenvalue weighted by atomic mass is 16.5. The molecular weight excluding hydrogens is 412 g/mol. The van der Waals surface area contributed by atoms with Crippen molar-refractivity contribution in [2.24, 2.45) is 0 Å². The average molecular weight is 434 g/mol. The number of fused-ring (bicyclic) bond motifs is 1. The normalized spacial score (nSPS) is 10.6. The van der Waals surface area contributed by atoms with Gasteiger partial charge in [0.15, 0.2) is 28.6 Å². The summed E-state index contributed by atoms with van der Waals surface area (Å²) in [5, 5.41) is 21.0. The van der Waals surface area contributed by atoms with Crippen LogP contribution in [-0.2, 0) is 0 Å². The number of phenolic OH excluding ortho intramolecular Hbond substituents is 2. The molecule has 2 aromatic carbocycles. The number of methoxy groups -OCH3 is 6. The lowest BCUT2D eigenvalue weighted by molar-refractivity contribution is 0.310. The van der Waals surface area contributed by atoms with E-state index in [1.54, 1.807) is 0 Å². The fraction of sp³-hybridized carbons (Fsp3) is 0.286. The second-order valence-electron chi connectivity index (χ2n) is 6.17. The summed E-state index contributed by atoms with van der Waals surface area (Å²) in [6.45, 7) is 0. The van der Waals surface area contributed by atoms with Crippen molar-refractivity contribution >= 4 is 11.0 Å². The fourth-order valence-electron chi connectivity index (χ4n) is 3.29. The van der Waals surface area contributed by atoms with E-state index in [1.165, 1.54) is 54.8 Å². The van der Waals surface area contributed by atoms with E-state index in [2.05, 4.69) is 0 Å². The number of aromatic hydroxyl groups is 2. The minimum atomic E-state index is -0.718. The van der Waals surface area contributed by atoms with Crippen LogP contribution in [0.25, 0.3) is 22.3 Å². The predicted molar refractivity (Wildman–Crippen MR) is 111 cm³/mol. The molecular formula is C21H22O10. The van der Waals surface area contributed by atoms with E-state index in [1.807, 2.05) is 0 Å². The third-order valence-electron chi connectivity index (χ3n) is 4.70. The molecule has 31 heavy (non-hydrogen) atoms. The van der Waals surface area contributed by atoms with Crippen LogP contribution >= 0.6 is 0 Å². The smallest absolute Gasteiger partial charge is 0.239 e. The molecule has 0 spiro atoms. The van der Waals surface area contributed by atoms with Crippen molar-refractivity contribution in [2.45, 2.75) is 0 Å². The van der Waals surface area contributed by atoms with Crippen LogP contribution in [-0.4, -0.2) is 52.9 Å². The van der Waals surface area contributed by atoms with Gasteiger partial charge in [-0.15, -0.1) is 0 Å². The largest absolute Gasteiger partial charge is 0.507 e. The second-order valence-corrected chi connectivity index (χ2v) is 6.17. The molecule has 1 heterocycles. The van der Waals surface area contributed by atoms with E-state index >= 15 is 0 Å². The van der Waals surface area contributed by atoms with E-state index in [0.717, 1.165) is 0 Å². The maximum Gasteiger partial charge on any atom is 0.239 e. The highest BCUT2D eigenvalue weighted by Gasteiger charge is 2.30. The molecule has 0 saturated carbocycles. The van der Waals surface area contributed by atoms with Crippen LogP contribution in [0.4, 0.5) is 0 Å². The zero-order valence-electron chi connectivity index (χ0n) is 17.8. The van der Waals surface area contributed by atoms with E-state index in [0.29, 0.717) is 0 Å². The van der Waals surface area contributed by atoms with Gasteiger partial charge in [0.05, 0.1) is 48.2 Å². The Labute approximate surface area is 177 Å². The van der Waals surface area contributed by atoms with E-state index in [9.17, 15) is 15.0 Å². The Morgan fingerprint density at radius 1 is 0.710 bits per heavy atom. The zero-order chi connectivity index (χ0) is 22.9. The van der Waals surface area contributed by atoms with Gasteiger partial charge in [-0.05, 0) is 6.07 Å². The molecule has 0 unspecified atom stereocenters. The summed E-state index contributed by atoms with van der Waals surface area (Å²) in [5.41, 5.74) is -0.762. The van der Waals surface area contributed by atoms with Gasteiger partial charge in [-0.25, -0.2) is 0 Å². The molecule has 3 rings (SSSR count). The SMILES string of the molecule is COc1cc(O)c(-c2oc3c(OC)c(OC)c(OC)c(O)c3c(=O)c2OC)cc1OC. The highest BCUT2D eigenvalue weighted by Crippen LogP contribution is 2.51. The van der Waals surface area contributed by atoms with Crippen molar-refractivity contribution in [1.82, 2.24) is 0 Å². The molecule has 3 aromatic rings. The molecule has 166 valence electrons. The van der Waals surface area contributed by atoms with Gasteiger partial charge < -0.3 is 43.1 Å². The number of hydrogen-bond acceptors (Lipinski definition) is 10. The first-order chi connectivity index (χ1) is 14.9. The van der Waals surface area contributed by atoms with Gasteiger partial charge in [0.1, 0.15) is 11.1 Å². The summed E-state index contributed by atoms with van der Waals surface area (Å²) >= 11 is 0. The number of ether oxygens (including phenoxy) is 6. The topological polar surface area (TPSA) is 126 Å². The molecule has 0 aliphatic rings. The van der Waals surface area contributed by atoms with Gasteiger partial charge in [-0.2, -0.15) is 0 Å². The summed E-state index contributed by atoms with van der Waals surface area (Å²) in [6.07, 6.45) is 0. The summed E-state index contributed by atoms with van der Waals surface area (Å²) < 4.78 is 37.5. The van der Waals surface area contributed by atoms with Gasteiger partial charge in [0, 0.05) is 6.07 Å². The van der Waals surface area contributed by atoms with Gasteiger partial charge >= 0.3 is 0 Å². The van der Waals surface area contributed by atoms with Crippen molar-refractivity contribution in [2.75, 3.05) is 42.7 Å². The molecule has 0 saturated heterocycles. The summed E-state index contributed by atoms with van der Waals surface area (Å²) in [5.74, 6) is -0.688. The zero-order valence-corrected chi connectivity index (χ0v) is 17.8. The van der Waals surface area contributed by atoms with Gasteiger partial charge in [0.2, 0.25) is 28.4 Å².